The van der Waals surface area contributed by atoms with E-state index in [1.807, 2.05) is 36.2 Å². The van der Waals surface area contributed by atoms with E-state index in [-0.39, 0.29) is 6.04 Å². The smallest absolute Gasteiger partial charge is 0.147 e. The molecule has 0 saturated heterocycles. The number of amidine groups is 1. The zero-order valence-electron chi connectivity index (χ0n) is 8.35. The molecule has 0 N–H and O–H groups in total. The minimum absolute atomic E-state index is 0.271. The molecule has 1 aliphatic heterocycles. The lowest BCUT2D eigenvalue weighted by Crippen LogP contribution is -2.35. The maximum absolute atomic E-state index is 11.1. The van der Waals surface area contributed by atoms with E-state index in [2.05, 4.69) is 4.99 Å². The Morgan fingerprint density at radius 1 is 1.53 bits per heavy atom. The van der Waals surface area contributed by atoms with E-state index in [1.54, 1.807) is 0 Å². The average Bonchev–Trinajstić information content (AvgIpc) is 2.28. The van der Waals surface area contributed by atoms with Crippen LogP contribution in [0.2, 0.25) is 0 Å². The summed E-state index contributed by atoms with van der Waals surface area (Å²) in [6, 6.07) is 7.35. The molecular formula is C11H11ClN2O. The van der Waals surface area contributed by atoms with Crippen molar-refractivity contribution in [2.75, 3.05) is 12.9 Å². The van der Waals surface area contributed by atoms with Gasteiger partial charge in [0.1, 0.15) is 18.2 Å². The Labute approximate surface area is 93.4 Å². The summed E-state index contributed by atoms with van der Waals surface area (Å²) in [4.78, 5) is 17.3. The number of likely N-dealkylation sites (N-methyl/N-ethyl adjacent to an activating group) is 1. The van der Waals surface area contributed by atoms with Crippen molar-refractivity contribution in [1.82, 2.24) is 4.90 Å². The third-order valence-corrected chi connectivity index (χ3v) is 2.82. The molecule has 0 bridgehead atoms. The first-order valence-electron chi connectivity index (χ1n) is 4.68. The lowest BCUT2D eigenvalue weighted by molar-refractivity contribution is -0.111. The van der Waals surface area contributed by atoms with Gasteiger partial charge >= 0.3 is 0 Å². The number of alkyl halides is 1. The Morgan fingerprint density at radius 2 is 2.27 bits per heavy atom. The molecule has 2 rings (SSSR count). The number of hydrogen-bond donors (Lipinski definition) is 0. The number of rotatable bonds is 2. The first-order chi connectivity index (χ1) is 7.27. The largest absolute Gasteiger partial charge is 0.348 e. The molecule has 0 radical (unpaired) electrons. The Hall–Kier alpha value is -1.35. The normalized spacial score (nSPS) is 19.5. The Balaban J connectivity index is 2.55. The summed E-state index contributed by atoms with van der Waals surface area (Å²) in [5, 5.41) is 0. The number of benzene rings is 1. The van der Waals surface area contributed by atoms with Crippen LogP contribution < -0.4 is 0 Å². The number of hydrogen-bond acceptors (Lipinski definition) is 3. The number of carbonyl (C=O) groups excluding carboxylic acids is 1. The highest BCUT2D eigenvalue weighted by Crippen LogP contribution is 2.32. The van der Waals surface area contributed by atoms with Crippen molar-refractivity contribution in [2.45, 2.75) is 6.04 Å². The molecule has 0 saturated carbocycles. The van der Waals surface area contributed by atoms with Gasteiger partial charge in [0.15, 0.2) is 0 Å². The van der Waals surface area contributed by atoms with Crippen LogP contribution in [0.25, 0.3) is 0 Å². The summed E-state index contributed by atoms with van der Waals surface area (Å²) < 4.78 is 0. The van der Waals surface area contributed by atoms with E-state index >= 15 is 0 Å². The molecule has 3 nitrogen and oxygen atoms in total. The predicted molar refractivity (Wildman–Crippen MR) is 60.8 cm³/mol. The molecule has 1 unspecified atom stereocenters. The fraction of sp³-hybridized carbons (Fsp3) is 0.273. The fourth-order valence-electron chi connectivity index (χ4n) is 1.72. The summed E-state index contributed by atoms with van der Waals surface area (Å²) in [6.07, 6.45) is 0.917. The molecule has 0 spiro atoms. The minimum Gasteiger partial charge on any atom is -0.348 e. The van der Waals surface area contributed by atoms with Gasteiger partial charge in [-0.05, 0) is 6.07 Å². The maximum Gasteiger partial charge on any atom is 0.147 e. The average molecular weight is 223 g/mol. The SMILES string of the molecule is CN1C(CCl)=Nc2ccccc2C1C=O. The summed E-state index contributed by atoms with van der Waals surface area (Å²) in [7, 11) is 1.83. The molecule has 4 heteroatoms. The molecule has 15 heavy (non-hydrogen) atoms. The number of aldehydes is 1. The van der Waals surface area contributed by atoms with Crippen LogP contribution in [-0.4, -0.2) is 29.9 Å². The first kappa shape index (κ1) is 10.2. The lowest BCUT2D eigenvalue weighted by Gasteiger charge is -2.31. The van der Waals surface area contributed by atoms with Crippen LogP contribution in [0.1, 0.15) is 11.6 Å². The molecule has 1 aromatic rings. The van der Waals surface area contributed by atoms with Crippen LogP contribution in [-0.2, 0) is 4.79 Å². The van der Waals surface area contributed by atoms with Crippen molar-refractivity contribution in [3.8, 4) is 0 Å². The monoisotopic (exact) mass is 222 g/mol. The summed E-state index contributed by atoms with van der Waals surface area (Å²) in [6.45, 7) is 0. The lowest BCUT2D eigenvalue weighted by atomic mass is 10.0. The zero-order valence-corrected chi connectivity index (χ0v) is 9.11. The van der Waals surface area contributed by atoms with E-state index in [1.165, 1.54) is 0 Å². The molecule has 1 aromatic carbocycles. The maximum atomic E-state index is 11.1. The zero-order chi connectivity index (χ0) is 10.8. The van der Waals surface area contributed by atoms with E-state index < -0.39 is 0 Å². The second-order valence-corrected chi connectivity index (χ2v) is 3.68. The van der Waals surface area contributed by atoms with Crippen LogP contribution in [0.3, 0.4) is 0 Å². The van der Waals surface area contributed by atoms with Crippen molar-refractivity contribution in [3.05, 3.63) is 29.8 Å². The van der Waals surface area contributed by atoms with Crippen LogP contribution >= 0.6 is 11.6 Å². The van der Waals surface area contributed by atoms with Crippen molar-refractivity contribution in [1.29, 1.82) is 0 Å². The van der Waals surface area contributed by atoms with Crippen molar-refractivity contribution in [2.24, 2.45) is 4.99 Å². The van der Waals surface area contributed by atoms with Gasteiger partial charge in [0, 0.05) is 12.6 Å². The van der Waals surface area contributed by atoms with Crippen LogP contribution in [0.4, 0.5) is 5.69 Å². The van der Waals surface area contributed by atoms with Crippen LogP contribution in [0.15, 0.2) is 29.3 Å². The van der Waals surface area contributed by atoms with Crippen molar-refractivity contribution in [3.63, 3.8) is 0 Å². The molecule has 0 amide bonds. The third kappa shape index (κ3) is 1.63. The number of fused-ring (bicyclic) bond motifs is 1. The highest BCUT2D eigenvalue weighted by molar-refractivity contribution is 6.28. The van der Waals surface area contributed by atoms with Gasteiger partial charge in [0.2, 0.25) is 0 Å². The van der Waals surface area contributed by atoms with Gasteiger partial charge in [-0.25, -0.2) is 4.99 Å². The molecule has 0 aliphatic carbocycles. The number of nitrogens with zero attached hydrogens (tertiary/aromatic N) is 2. The summed E-state index contributed by atoms with van der Waals surface area (Å²) in [5.41, 5.74) is 1.77. The molecule has 0 aromatic heterocycles. The summed E-state index contributed by atoms with van der Waals surface area (Å²) >= 11 is 5.78. The second kappa shape index (κ2) is 4.03. The number of halogens is 1. The van der Waals surface area contributed by atoms with E-state index in [4.69, 9.17) is 11.6 Å². The Kier molecular flexibility index (Phi) is 2.73. The van der Waals surface area contributed by atoms with Gasteiger partial charge in [-0.2, -0.15) is 0 Å². The fourth-order valence-corrected chi connectivity index (χ4v) is 1.96. The Morgan fingerprint density at radius 3 is 2.93 bits per heavy atom. The topological polar surface area (TPSA) is 32.7 Å². The van der Waals surface area contributed by atoms with Gasteiger partial charge in [-0.1, -0.05) is 18.2 Å². The third-order valence-electron chi connectivity index (χ3n) is 2.58. The molecule has 1 atom stereocenters. The Bertz CT molecular complexity index is 417. The molecule has 1 heterocycles. The van der Waals surface area contributed by atoms with Gasteiger partial charge in [0.25, 0.3) is 0 Å². The van der Waals surface area contributed by atoms with Gasteiger partial charge in [-0.15, -0.1) is 11.6 Å². The molecular weight excluding hydrogens is 212 g/mol. The summed E-state index contributed by atoms with van der Waals surface area (Å²) in [5.74, 6) is 1.04. The minimum atomic E-state index is -0.271. The van der Waals surface area contributed by atoms with Gasteiger partial charge in [0.05, 0.1) is 11.6 Å². The van der Waals surface area contributed by atoms with E-state index in [0.29, 0.717) is 5.88 Å². The van der Waals surface area contributed by atoms with Crippen molar-refractivity contribution >= 4 is 29.4 Å². The van der Waals surface area contributed by atoms with Crippen LogP contribution in [0.5, 0.6) is 0 Å². The number of carbonyl (C=O) groups is 1. The first-order valence-corrected chi connectivity index (χ1v) is 5.22. The van der Waals surface area contributed by atoms with E-state index in [9.17, 15) is 4.79 Å². The number of aliphatic imine (C=N–C) groups is 1. The van der Waals surface area contributed by atoms with Gasteiger partial charge in [-0.3, -0.25) is 0 Å². The molecule has 78 valence electrons. The quantitative estimate of drug-likeness (QED) is 0.567. The highest BCUT2D eigenvalue weighted by Gasteiger charge is 2.25. The van der Waals surface area contributed by atoms with Crippen LogP contribution in [0, 0.1) is 0 Å². The predicted octanol–water partition coefficient (Wildman–Crippen LogP) is 2.14. The standard InChI is InChI=1S/C11H11ClN2O/c1-14-10(7-15)8-4-2-3-5-9(8)13-11(14)6-12/h2-5,7,10H,6H2,1H3. The highest BCUT2D eigenvalue weighted by atomic mass is 35.5. The molecule has 1 aliphatic rings. The second-order valence-electron chi connectivity index (χ2n) is 3.41. The molecule has 0 fully saturated rings. The van der Waals surface area contributed by atoms with E-state index in [0.717, 1.165) is 23.4 Å². The number of para-hydroxylation sites is 1. The van der Waals surface area contributed by atoms with Gasteiger partial charge < -0.3 is 9.69 Å². The van der Waals surface area contributed by atoms with Crippen molar-refractivity contribution < 1.29 is 4.79 Å².